The fourth-order valence-electron chi connectivity index (χ4n) is 2.49. The van der Waals surface area contributed by atoms with Gasteiger partial charge in [0.25, 0.3) is 0 Å². The Hall–Kier alpha value is -1.32. The molecule has 0 saturated heterocycles. The van der Waals surface area contributed by atoms with Gasteiger partial charge in [0.05, 0.1) is 0 Å². The van der Waals surface area contributed by atoms with Crippen molar-refractivity contribution in [2.45, 2.75) is 39.0 Å². The van der Waals surface area contributed by atoms with Crippen molar-refractivity contribution in [3.63, 3.8) is 0 Å². The lowest BCUT2D eigenvalue weighted by Gasteiger charge is -2.26. The molecule has 1 saturated carbocycles. The van der Waals surface area contributed by atoms with Crippen LogP contribution in [0.15, 0.2) is 12.3 Å². The molecule has 94 valence electrons. The van der Waals surface area contributed by atoms with Crippen LogP contribution in [-0.2, 0) is 0 Å². The van der Waals surface area contributed by atoms with E-state index in [0.29, 0.717) is 5.95 Å². The highest BCUT2D eigenvalue weighted by molar-refractivity contribution is 5.37. The van der Waals surface area contributed by atoms with Gasteiger partial charge >= 0.3 is 0 Å². The van der Waals surface area contributed by atoms with Gasteiger partial charge in [-0.1, -0.05) is 32.6 Å². The molecule has 1 aromatic rings. The predicted octanol–water partition coefficient (Wildman–Crippen LogP) is 2.69. The Morgan fingerprint density at radius 3 is 2.82 bits per heavy atom. The molecule has 1 aliphatic rings. The largest absolute Gasteiger partial charge is 0.370 e. The molecule has 1 aliphatic carbocycles. The van der Waals surface area contributed by atoms with Crippen LogP contribution in [0.3, 0.4) is 0 Å². The SMILES string of the molecule is CC1CCC(CCNc2ccnc(N)n2)CC1. The van der Waals surface area contributed by atoms with E-state index < -0.39 is 0 Å². The molecule has 0 aromatic carbocycles. The van der Waals surface area contributed by atoms with Crippen LogP contribution in [0.4, 0.5) is 11.8 Å². The number of rotatable bonds is 4. The number of anilines is 2. The summed E-state index contributed by atoms with van der Waals surface area (Å²) in [5, 5.41) is 3.31. The molecule has 0 unspecified atom stereocenters. The van der Waals surface area contributed by atoms with Crippen molar-refractivity contribution >= 4 is 11.8 Å². The molecule has 17 heavy (non-hydrogen) atoms. The van der Waals surface area contributed by atoms with Crippen LogP contribution >= 0.6 is 0 Å². The van der Waals surface area contributed by atoms with E-state index in [1.807, 2.05) is 6.07 Å². The molecule has 1 heterocycles. The maximum absolute atomic E-state index is 5.53. The normalized spacial score (nSPS) is 24.5. The molecule has 0 atom stereocenters. The van der Waals surface area contributed by atoms with E-state index >= 15 is 0 Å². The number of nitrogen functional groups attached to an aromatic ring is 1. The third kappa shape index (κ3) is 3.88. The number of nitrogens with zero attached hydrogens (tertiary/aromatic N) is 2. The highest BCUT2D eigenvalue weighted by Crippen LogP contribution is 2.30. The first-order chi connectivity index (χ1) is 8.24. The van der Waals surface area contributed by atoms with Crippen LogP contribution in [0.2, 0.25) is 0 Å². The highest BCUT2D eigenvalue weighted by Gasteiger charge is 2.17. The van der Waals surface area contributed by atoms with Crippen molar-refractivity contribution in [1.29, 1.82) is 0 Å². The smallest absolute Gasteiger partial charge is 0.221 e. The number of nitrogens with one attached hydrogen (secondary N) is 1. The minimum Gasteiger partial charge on any atom is -0.370 e. The number of hydrogen-bond donors (Lipinski definition) is 2. The van der Waals surface area contributed by atoms with Gasteiger partial charge in [-0.2, -0.15) is 4.98 Å². The first-order valence-electron chi connectivity index (χ1n) is 6.56. The summed E-state index contributed by atoms with van der Waals surface area (Å²) in [4.78, 5) is 8.00. The first-order valence-corrected chi connectivity index (χ1v) is 6.56. The van der Waals surface area contributed by atoms with Crippen molar-refractivity contribution in [3.05, 3.63) is 12.3 Å². The van der Waals surface area contributed by atoms with E-state index in [0.717, 1.165) is 24.2 Å². The Kier molecular flexibility index (Phi) is 4.18. The molecular formula is C13H22N4. The summed E-state index contributed by atoms with van der Waals surface area (Å²) in [6.45, 7) is 3.34. The van der Waals surface area contributed by atoms with Gasteiger partial charge in [-0.25, -0.2) is 4.98 Å². The summed E-state index contributed by atoms with van der Waals surface area (Å²) in [5.41, 5.74) is 5.53. The van der Waals surface area contributed by atoms with Gasteiger partial charge in [0.15, 0.2) is 0 Å². The second-order valence-electron chi connectivity index (χ2n) is 5.14. The van der Waals surface area contributed by atoms with Crippen LogP contribution < -0.4 is 11.1 Å². The Balaban J connectivity index is 1.69. The van der Waals surface area contributed by atoms with Gasteiger partial charge in [0, 0.05) is 12.7 Å². The lowest BCUT2D eigenvalue weighted by molar-refractivity contribution is 0.282. The van der Waals surface area contributed by atoms with Gasteiger partial charge in [-0.05, 0) is 24.3 Å². The quantitative estimate of drug-likeness (QED) is 0.840. The van der Waals surface area contributed by atoms with Crippen molar-refractivity contribution < 1.29 is 0 Å². The van der Waals surface area contributed by atoms with E-state index in [4.69, 9.17) is 5.73 Å². The molecule has 4 nitrogen and oxygen atoms in total. The molecule has 0 aliphatic heterocycles. The van der Waals surface area contributed by atoms with Gasteiger partial charge < -0.3 is 11.1 Å². The maximum Gasteiger partial charge on any atom is 0.221 e. The van der Waals surface area contributed by atoms with E-state index in [1.165, 1.54) is 32.1 Å². The molecule has 3 N–H and O–H groups in total. The molecule has 0 spiro atoms. The van der Waals surface area contributed by atoms with E-state index in [1.54, 1.807) is 6.20 Å². The lowest BCUT2D eigenvalue weighted by Crippen LogP contribution is -2.16. The fraction of sp³-hybridized carbons (Fsp3) is 0.692. The molecule has 0 bridgehead atoms. The maximum atomic E-state index is 5.53. The Labute approximate surface area is 103 Å². The van der Waals surface area contributed by atoms with E-state index in [-0.39, 0.29) is 0 Å². The van der Waals surface area contributed by atoms with Crippen LogP contribution in [-0.4, -0.2) is 16.5 Å². The summed E-state index contributed by atoms with van der Waals surface area (Å²) in [6.07, 6.45) is 8.48. The number of hydrogen-bond acceptors (Lipinski definition) is 4. The zero-order chi connectivity index (χ0) is 12.1. The number of aromatic nitrogens is 2. The summed E-state index contributed by atoms with van der Waals surface area (Å²) < 4.78 is 0. The minimum atomic E-state index is 0.335. The van der Waals surface area contributed by atoms with Crippen LogP contribution in [0.25, 0.3) is 0 Å². The Bertz CT molecular complexity index is 345. The average molecular weight is 234 g/mol. The summed E-state index contributed by atoms with van der Waals surface area (Å²) >= 11 is 0. The Morgan fingerprint density at radius 2 is 2.12 bits per heavy atom. The van der Waals surface area contributed by atoms with E-state index in [2.05, 4.69) is 22.2 Å². The monoisotopic (exact) mass is 234 g/mol. The predicted molar refractivity (Wildman–Crippen MR) is 70.7 cm³/mol. The molecule has 4 heteroatoms. The standard InChI is InChI=1S/C13H22N4/c1-10-2-4-11(5-3-10)6-8-15-12-7-9-16-13(14)17-12/h7,9-11H,2-6,8H2,1H3,(H3,14,15,16,17). The van der Waals surface area contributed by atoms with Crippen LogP contribution in [0.5, 0.6) is 0 Å². The van der Waals surface area contributed by atoms with Gasteiger partial charge in [0.2, 0.25) is 5.95 Å². The zero-order valence-electron chi connectivity index (χ0n) is 10.5. The van der Waals surface area contributed by atoms with Crippen molar-refractivity contribution in [2.24, 2.45) is 11.8 Å². The molecule has 0 amide bonds. The summed E-state index contributed by atoms with van der Waals surface area (Å²) in [6, 6.07) is 1.86. The van der Waals surface area contributed by atoms with Crippen molar-refractivity contribution in [2.75, 3.05) is 17.6 Å². The molecule has 1 fully saturated rings. The van der Waals surface area contributed by atoms with Gasteiger partial charge in [-0.3, -0.25) is 0 Å². The van der Waals surface area contributed by atoms with Gasteiger partial charge in [0.1, 0.15) is 5.82 Å². The van der Waals surface area contributed by atoms with Crippen LogP contribution in [0.1, 0.15) is 39.0 Å². The highest BCUT2D eigenvalue weighted by atomic mass is 15.1. The summed E-state index contributed by atoms with van der Waals surface area (Å²) in [5.74, 6) is 2.99. The summed E-state index contributed by atoms with van der Waals surface area (Å²) in [7, 11) is 0. The Morgan fingerprint density at radius 1 is 1.35 bits per heavy atom. The van der Waals surface area contributed by atoms with Crippen molar-refractivity contribution in [3.8, 4) is 0 Å². The van der Waals surface area contributed by atoms with Gasteiger partial charge in [-0.15, -0.1) is 0 Å². The van der Waals surface area contributed by atoms with Crippen molar-refractivity contribution in [1.82, 2.24) is 9.97 Å². The minimum absolute atomic E-state index is 0.335. The fourth-order valence-corrected chi connectivity index (χ4v) is 2.49. The first kappa shape index (κ1) is 12.1. The van der Waals surface area contributed by atoms with Crippen LogP contribution in [0, 0.1) is 11.8 Å². The second-order valence-corrected chi connectivity index (χ2v) is 5.14. The topological polar surface area (TPSA) is 63.8 Å². The molecular weight excluding hydrogens is 212 g/mol. The molecule has 0 radical (unpaired) electrons. The third-order valence-corrected chi connectivity index (χ3v) is 3.67. The molecule has 1 aromatic heterocycles. The third-order valence-electron chi connectivity index (χ3n) is 3.67. The zero-order valence-corrected chi connectivity index (χ0v) is 10.5. The second kappa shape index (κ2) is 5.84. The lowest BCUT2D eigenvalue weighted by atomic mass is 9.81. The number of nitrogens with two attached hydrogens (primary N) is 1. The average Bonchev–Trinajstić information content (AvgIpc) is 2.32. The molecule has 2 rings (SSSR count). The van der Waals surface area contributed by atoms with E-state index in [9.17, 15) is 0 Å².